The van der Waals surface area contributed by atoms with E-state index in [1.807, 2.05) is 13.1 Å². The fourth-order valence-corrected chi connectivity index (χ4v) is 4.36. The number of carbonyl (C=O) groups excluding carboxylic acids is 1. The van der Waals surface area contributed by atoms with E-state index in [0.717, 1.165) is 41.8 Å². The van der Waals surface area contributed by atoms with E-state index in [0.29, 0.717) is 16.7 Å². The van der Waals surface area contributed by atoms with Crippen molar-refractivity contribution in [3.8, 4) is 5.75 Å². The molecule has 136 valence electrons. The van der Waals surface area contributed by atoms with E-state index in [1.54, 1.807) is 25.6 Å². The summed E-state index contributed by atoms with van der Waals surface area (Å²) in [4.78, 5) is 23.3. The van der Waals surface area contributed by atoms with Crippen molar-refractivity contribution < 1.29 is 9.53 Å². The molecule has 2 fully saturated rings. The van der Waals surface area contributed by atoms with Gasteiger partial charge in [0.2, 0.25) is 0 Å². The number of aryl methyl sites for hydroxylation is 1. The van der Waals surface area contributed by atoms with Crippen LogP contribution >= 0.6 is 15.9 Å². The van der Waals surface area contributed by atoms with E-state index >= 15 is 0 Å². The van der Waals surface area contributed by atoms with Crippen LogP contribution in [-0.4, -0.2) is 42.1 Å². The van der Waals surface area contributed by atoms with Gasteiger partial charge in [-0.1, -0.05) is 0 Å². The third kappa shape index (κ3) is 3.16. The van der Waals surface area contributed by atoms with Crippen molar-refractivity contribution >= 4 is 27.5 Å². The number of ether oxygens (including phenoxy) is 1. The van der Waals surface area contributed by atoms with Gasteiger partial charge in [-0.15, -0.1) is 0 Å². The van der Waals surface area contributed by atoms with Crippen LogP contribution < -0.4 is 15.0 Å². The number of aromatic nitrogens is 2. The van der Waals surface area contributed by atoms with Crippen LogP contribution in [0.3, 0.4) is 0 Å². The standard InChI is InChI=1S/C19H21BrN4O2/c1-12-3-17(26-2)16(9-22-12)18(25)23-14-5-19(6-14)10-24(11-19)15-4-13(20)7-21-8-15/h3-4,7-9,14H,5-6,10-11H2,1-2H3,(H,23,25). The molecule has 1 N–H and O–H groups in total. The second kappa shape index (κ2) is 6.54. The molecule has 0 atom stereocenters. The molecule has 2 aromatic rings. The lowest BCUT2D eigenvalue weighted by Crippen LogP contribution is -2.66. The van der Waals surface area contributed by atoms with E-state index in [4.69, 9.17) is 4.74 Å². The van der Waals surface area contributed by atoms with Crippen LogP contribution in [0, 0.1) is 12.3 Å². The number of halogens is 1. The molecule has 1 saturated heterocycles. The van der Waals surface area contributed by atoms with Crippen molar-refractivity contribution in [2.45, 2.75) is 25.8 Å². The number of hydrogen-bond donors (Lipinski definition) is 1. The molecule has 1 aliphatic heterocycles. The summed E-state index contributed by atoms with van der Waals surface area (Å²) >= 11 is 3.47. The average molecular weight is 417 g/mol. The summed E-state index contributed by atoms with van der Waals surface area (Å²) < 4.78 is 6.30. The maximum absolute atomic E-state index is 12.5. The lowest BCUT2D eigenvalue weighted by Gasteiger charge is -2.59. The zero-order chi connectivity index (χ0) is 18.3. The van der Waals surface area contributed by atoms with Crippen LogP contribution in [0.2, 0.25) is 0 Å². The van der Waals surface area contributed by atoms with Gasteiger partial charge >= 0.3 is 0 Å². The number of amides is 1. The molecule has 7 heteroatoms. The van der Waals surface area contributed by atoms with Crippen LogP contribution in [0.4, 0.5) is 5.69 Å². The van der Waals surface area contributed by atoms with Crippen molar-refractivity contribution in [2.75, 3.05) is 25.1 Å². The molecule has 0 bridgehead atoms. The van der Waals surface area contributed by atoms with Crippen LogP contribution in [-0.2, 0) is 0 Å². The molecule has 1 spiro atoms. The van der Waals surface area contributed by atoms with Crippen molar-refractivity contribution in [3.05, 3.63) is 46.5 Å². The zero-order valence-corrected chi connectivity index (χ0v) is 16.4. The van der Waals surface area contributed by atoms with Crippen molar-refractivity contribution in [1.82, 2.24) is 15.3 Å². The first-order valence-electron chi connectivity index (χ1n) is 8.65. The summed E-state index contributed by atoms with van der Waals surface area (Å²) in [5.41, 5.74) is 2.80. The van der Waals surface area contributed by atoms with Gasteiger partial charge in [0.1, 0.15) is 5.75 Å². The fourth-order valence-electron chi connectivity index (χ4n) is 4.00. The SMILES string of the molecule is COc1cc(C)ncc1C(=O)NC1CC2(C1)CN(c1cncc(Br)c1)C2. The van der Waals surface area contributed by atoms with Crippen LogP contribution in [0.1, 0.15) is 28.9 Å². The lowest BCUT2D eigenvalue weighted by molar-refractivity contribution is 0.0441. The van der Waals surface area contributed by atoms with E-state index in [9.17, 15) is 4.79 Å². The maximum Gasteiger partial charge on any atom is 0.256 e. The summed E-state index contributed by atoms with van der Waals surface area (Å²) in [6.45, 7) is 3.92. The highest BCUT2D eigenvalue weighted by atomic mass is 79.9. The lowest BCUT2D eigenvalue weighted by atomic mass is 9.60. The predicted octanol–water partition coefficient (Wildman–Crippen LogP) is 2.95. The van der Waals surface area contributed by atoms with Gasteiger partial charge in [-0.25, -0.2) is 0 Å². The number of nitrogens with zero attached hydrogens (tertiary/aromatic N) is 3. The largest absolute Gasteiger partial charge is 0.496 e. The Morgan fingerprint density at radius 2 is 2.08 bits per heavy atom. The fraction of sp³-hybridized carbons (Fsp3) is 0.421. The number of anilines is 1. The van der Waals surface area contributed by atoms with Gasteiger partial charge in [0, 0.05) is 53.2 Å². The second-order valence-corrected chi connectivity index (χ2v) is 8.24. The van der Waals surface area contributed by atoms with E-state index in [2.05, 4.69) is 42.2 Å². The number of methoxy groups -OCH3 is 1. The number of carbonyl (C=O) groups is 1. The highest BCUT2D eigenvalue weighted by Crippen LogP contribution is 2.49. The summed E-state index contributed by atoms with van der Waals surface area (Å²) in [7, 11) is 1.57. The van der Waals surface area contributed by atoms with E-state index in [1.165, 1.54) is 0 Å². The van der Waals surface area contributed by atoms with Crippen LogP contribution in [0.15, 0.2) is 35.2 Å². The number of rotatable bonds is 4. The molecule has 0 unspecified atom stereocenters. The smallest absolute Gasteiger partial charge is 0.256 e. The summed E-state index contributed by atoms with van der Waals surface area (Å²) in [6.07, 6.45) is 7.30. The maximum atomic E-state index is 12.5. The Bertz CT molecular complexity index is 843. The molecule has 0 aromatic carbocycles. The molecular formula is C19H21BrN4O2. The molecule has 6 nitrogen and oxygen atoms in total. The predicted molar refractivity (Wildman–Crippen MR) is 103 cm³/mol. The Labute approximate surface area is 161 Å². The first-order chi connectivity index (χ1) is 12.5. The molecule has 1 aliphatic carbocycles. The summed E-state index contributed by atoms with van der Waals surface area (Å²) in [5.74, 6) is 0.461. The van der Waals surface area contributed by atoms with Gasteiger partial charge in [-0.3, -0.25) is 14.8 Å². The first kappa shape index (κ1) is 17.3. The van der Waals surface area contributed by atoms with Crippen molar-refractivity contribution in [2.24, 2.45) is 5.41 Å². The molecule has 0 radical (unpaired) electrons. The minimum absolute atomic E-state index is 0.110. The molecular weight excluding hydrogens is 396 g/mol. The highest BCUT2D eigenvalue weighted by Gasteiger charge is 2.52. The Morgan fingerprint density at radius 3 is 2.77 bits per heavy atom. The third-order valence-electron chi connectivity index (χ3n) is 5.27. The molecule has 1 amide bonds. The minimum atomic E-state index is -0.110. The van der Waals surface area contributed by atoms with E-state index in [-0.39, 0.29) is 11.9 Å². The van der Waals surface area contributed by atoms with Gasteiger partial charge in [0.05, 0.1) is 24.6 Å². The average Bonchev–Trinajstić information content (AvgIpc) is 2.55. The number of pyridine rings is 2. The Balaban J connectivity index is 1.32. The zero-order valence-electron chi connectivity index (χ0n) is 14.8. The topological polar surface area (TPSA) is 67.3 Å². The van der Waals surface area contributed by atoms with E-state index < -0.39 is 0 Å². The minimum Gasteiger partial charge on any atom is -0.496 e. The molecule has 2 aromatic heterocycles. The van der Waals surface area contributed by atoms with Gasteiger partial charge in [-0.05, 0) is 41.8 Å². The normalized spacial score (nSPS) is 18.2. The molecule has 26 heavy (non-hydrogen) atoms. The van der Waals surface area contributed by atoms with Crippen molar-refractivity contribution in [1.29, 1.82) is 0 Å². The Morgan fingerprint density at radius 1 is 1.31 bits per heavy atom. The third-order valence-corrected chi connectivity index (χ3v) is 5.70. The van der Waals surface area contributed by atoms with Gasteiger partial charge in [0.25, 0.3) is 5.91 Å². The molecule has 3 heterocycles. The Hall–Kier alpha value is -2.15. The summed E-state index contributed by atoms with van der Waals surface area (Å²) in [5, 5.41) is 3.12. The highest BCUT2D eigenvalue weighted by molar-refractivity contribution is 9.10. The van der Waals surface area contributed by atoms with Gasteiger partial charge in [0.15, 0.2) is 0 Å². The first-order valence-corrected chi connectivity index (χ1v) is 9.44. The van der Waals surface area contributed by atoms with Crippen LogP contribution in [0.25, 0.3) is 0 Å². The van der Waals surface area contributed by atoms with Crippen LogP contribution in [0.5, 0.6) is 5.75 Å². The number of hydrogen-bond acceptors (Lipinski definition) is 5. The van der Waals surface area contributed by atoms with Gasteiger partial charge in [-0.2, -0.15) is 0 Å². The van der Waals surface area contributed by atoms with Gasteiger partial charge < -0.3 is 15.0 Å². The molecule has 1 saturated carbocycles. The quantitative estimate of drug-likeness (QED) is 0.829. The monoisotopic (exact) mass is 416 g/mol. The Kier molecular flexibility index (Phi) is 4.34. The second-order valence-electron chi connectivity index (χ2n) is 7.32. The summed E-state index contributed by atoms with van der Waals surface area (Å²) in [6, 6.07) is 4.10. The number of nitrogens with one attached hydrogen (secondary N) is 1. The molecule has 2 aliphatic rings. The molecule has 4 rings (SSSR count). The van der Waals surface area contributed by atoms with Crippen molar-refractivity contribution in [3.63, 3.8) is 0 Å².